The van der Waals surface area contributed by atoms with E-state index < -0.39 is 0 Å². The van der Waals surface area contributed by atoms with Gasteiger partial charge in [0.2, 0.25) is 0 Å². The average Bonchev–Trinajstić information content (AvgIpc) is 2.36. The molecule has 0 amide bonds. The first-order valence-corrected chi connectivity index (χ1v) is 6.90. The minimum atomic E-state index is -0.190. The summed E-state index contributed by atoms with van der Waals surface area (Å²) in [6, 6.07) is 5.99. The third-order valence-electron chi connectivity index (χ3n) is 4.27. The molecule has 0 radical (unpaired) electrons. The van der Waals surface area contributed by atoms with Crippen molar-refractivity contribution in [3.05, 3.63) is 35.4 Å². The van der Waals surface area contributed by atoms with Crippen molar-refractivity contribution in [3.8, 4) is 5.75 Å². The van der Waals surface area contributed by atoms with E-state index in [9.17, 15) is 4.79 Å². The molecular formula is C17H22O2. The lowest BCUT2D eigenvalue weighted by Crippen LogP contribution is -2.29. The highest BCUT2D eigenvalue weighted by molar-refractivity contribution is 5.75. The molecule has 0 saturated heterocycles. The van der Waals surface area contributed by atoms with Crippen LogP contribution in [0, 0.1) is 5.92 Å². The molecule has 0 heterocycles. The Balaban J connectivity index is 2.45. The van der Waals surface area contributed by atoms with Gasteiger partial charge in [0.05, 0.1) is 0 Å². The molecule has 2 heteroatoms. The van der Waals surface area contributed by atoms with E-state index in [1.807, 2.05) is 12.1 Å². The van der Waals surface area contributed by atoms with Gasteiger partial charge in [0.15, 0.2) is 0 Å². The maximum Gasteiger partial charge on any atom is 0.310 e. The summed E-state index contributed by atoms with van der Waals surface area (Å²) in [5.74, 6) is 0.956. The number of allylic oxidation sites excluding steroid dienone is 2. The van der Waals surface area contributed by atoms with Gasteiger partial charge in [-0.25, -0.2) is 0 Å². The van der Waals surface area contributed by atoms with Crippen LogP contribution in [0.1, 0.15) is 52.2 Å². The number of esters is 1. The Hall–Kier alpha value is -1.57. The Labute approximate surface area is 115 Å². The van der Waals surface area contributed by atoms with Gasteiger partial charge in [-0.05, 0) is 47.1 Å². The summed E-state index contributed by atoms with van der Waals surface area (Å²) in [7, 11) is 0. The molecule has 2 rings (SSSR count). The van der Waals surface area contributed by atoms with Gasteiger partial charge in [-0.1, -0.05) is 39.8 Å². The first kappa shape index (κ1) is 13.9. The minimum Gasteiger partial charge on any atom is -0.427 e. The van der Waals surface area contributed by atoms with Gasteiger partial charge in [-0.15, -0.1) is 0 Å². The number of rotatable bonds is 2. The van der Waals surface area contributed by atoms with Crippen LogP contribution in [0.3, 0.4) is 0 Å². The average molecular weight is 258 g/mol. The monoisotopic (exact) mass is 258 g/mol. The van der Waals surface area contributed by atoms with Gasteiger partial charge in [0, 0.05) is 6.42 Å². The van der Waals surface area contributed by atoms with Crippen LogP contribution in [0.2, 0.25) is 0 Å². The van der Waals surface area contributed by atoms with Crippen molar-refractivity contribution in [2.75, 3.05) is 0 Å². The quantitative estimate of drug-likeness (QED) is 0.583. The topological polar surface area (TPSA) is 26.3 Å². The zero-order chi connectivity index (χ0) is 14.2. The third-order valence-corrected chi connectivity index (χ3v) is 4.27. The Kier molecular flexibility index (Phi) is 3.53. The molecule has 1 aliphatic rings. The third kappa shape index (κ3) is 2.44. The lowest BCUT2D eigenvalue weighted by molar-refractivity contribution is -0.134. The molecule has 1 unspecified atom stereocenters. The largest absolute Gasteiger partial charge is 0.427 e. The summed E-state index contributed by atoms with van der Waals surface area (Å²) in [5, 5.41) is 0. The fourth-order valence-electron chi connectivity index (χ4n) is 2.60. The molecule has 0 fully saturated rings. The number of fused-ring (bicyclic) bond motifs is 1. The predicted molar refractivity (Wildman–Crippen MR) is 78.2 cm³/mol. The molecule has 102 valence electrons. The summed E-state index contributed by atoms with van der Waals surface area (Å²) in [4.78, 5) is 11.4. The number of benzene rings is 1. The van der Waals surface area contributed by atoms with Gasteiger partial charge in [-0.3, -0.25) is 4.79 Å². The highest BCUT2D eigenvalue weighted by Crippen LogP contribution is 2.43. The van der Waals surface area contributed by atoms with Crippen molar-refractivity contribution in [1.29, 1.82) is 0 Å². The second-order valence-electron chi connectivity index (χ2n) is 5.90. The molecule has 1 atom stereocenters. The van der Waals surface area contributed by atoms with Crippen LogP contribution >= 0.6 is 0 Å². The molecule has 2 nitrogen and oxygen atoms in total. The van der Waals surface area contributed by atoms with Gasteiger partial charge in [-0.2, -0.15) is 0 Å². The normalized spacial score (nSPS) is 20.5. The maximum atomic E-state index is 11.4. The number of hydrogen-bond donors (Lipinski definition) is 0. The Morgan fingerprint density at radius 1 is 1.37 bits per heavy atom. The van der Waals surface area contributed by atoms with Gasteiger partial charge < -0.3 is 4.74 Å². The molecule has 0 spiro atoms. The molecule has 1 aromatic rings. The lowest BCUT2D eigenvalue weighted by Gasteiger charge is -2.37. The summed E-state index contributed by atoms with van der Waals surface area (Å²) in [5.41, 5.74) is 3.90. The number of carbonyl (C=O) groups is 1. The summed E-state index contributed by atoms with van der Waals surface area (Å²) in [6.07, 6.45) is 2.70. The van der Waals surface area contributed by atoms with E-state index in [4.69, 9.17) is 4.74 Å². The van der Waals surface area contributed by atoms with Crippen LogP contribution in [0.25, 0.3) is 5.57 Å². The van der Waals surface area contributed by atoms with Crippen LogP contribution < -0.4 is 4.74 Å². The van der Waals surface area contributed by atoms with Crippen molar-refractivity contribution in [2.24, 2.45) is 5.92 Å². The number of ether oxygens (including phenoxy) is 1. The van der Waals surface area contributed by atoms with Gasteiger partial charge in [0.1, 0.15) is 5.75 Å². The lowest BCUT2D eigenvalue weighted by atomic mass is 9.67. The van der Waals surface area contributed by atoms with Crippen LogP contribution in [0.5, 0.6) is 5.75 Å². The van der Waals surface area contributed by atoms with E-state index in [0.717, 1.165) is 0 Å². The Morgan fingerprint density at radius 2 is 2.05 bits per heavy atom. The van der Waals surface area contributed by atoms with Crippen molar-refractivity contribution in [2.45, 2.75) is 46.5 Å². The number of carbonyl (C=O) groups excluding carboxylic acids is 1. The Bertz CT molecular complexity index is 538. The summed E-state index contributed by atoms with van der Waals surface area (Å²) in [6.45, 7) is 10.7. The zero-order valence-electron chi connectivity index (χ0n) is 12.4. The molecule has 0 bridgehead atoms. The van der Waals surface area contributed by atoms with Crippen LogP contribution in [0.15, 0.2) is 24.3 Å². The van der Waals surface area contributed by atoms with Crippen molar-refractivity contribution < 1.29 is 9.53 Å². The van der Waals surface area contributed by atoms with Gasteiger partial charge in [0.25, 0.3) is 0 Å². The first-order valence-electron chi connectivity index (χ1n) is 6.90. The van der Waals surface area contributed by atoms with E-state index in [0.29, 0.717) is 18.1 Å². The molecule has 0 aliphatic heterocycles. The molecule has 19 heavy (non-hydrogen) atoms. The fourth-order valence-corrected chi connectivity index (χ4v) is 2.60. The van der Waals surface area contributed by atoms with E-state index in [2.05, 4.69) is 39.8 Å². The SMILES string of the molecule is CCC(=O)Oc1ccc2c(c1)C(C)=CC(C)C2(C)C. The molecule has 1 aliphatic carbocycles. The summed E-state index contributed by atoms with van der Waals surface area (Å²) < 4.78 is 5.31. The molecule has 0 saturated carbocycles. The van der Waals surface area contributed by atoms with Crippen molar-refractivity contribution >= 4 is 11.5 Å². The summed E-state index contributed by atoms with van der Waals surface area (Å²) >= 11 is 0. The van der Waals surface area contributed by atoms with Gasteiger partial charge >= 0.3 is 5.97 Å². The molecule has 0 aromatic heterocycles. The van der Waals surface area contributed by atoms with Crippen molar-refractivity contribution in [3.63, 3.8) is 0 Å². The minimum absolute atomic E-state index is 0.113. The first-order chi connectivity index (χ1) is 8.86. The van der Waals surface area contributed by atoms with Crippen molar-refractivity contribution in [1.82, 2.24) is 0 Å². The molecular weight excluding hydrogens is 236 g/mol. The van der Waals surface area contributed by atoms with E-state index in [1.165, 1.54) is 16.7 Å². The van der Waals surface area contributed by atoms with E-state index in [1.54, 1.807) is 6.92 Å². The molecule has 1 aromatic carbocycles. The van der Waals surface area contributed by atoms with Crippen LogP contribution in [0.4, 0.5) is 0 Å². The van der Waals surface area contributed by atoms with E-state index in [-0.39, 0.29) is 11.4 Å². The second kappa shape index (κ2) is 4.84. The Morgan fingerprint density at radius 3 is 2.68 bits per heavy atom. The fraction of sp³-hybridized carbons (Fsp3) is 0.471. The molecule has 0 N–H and O–H groups in total. The maximum absolute atomic E-state index is 11.4. The van der Waals surface area contributed by atoms with Crippen LogP contribution in [-0.4, -0.2) is 5.97 Å². The second-order valence-corrected chi connectivity index (χ2v) is 5.90. The van der Waals surface area contributed by atoms with E-state index >= 15 is 0 Å². The highest BCUT2D eigenvalue weighted by atomic mass is 16.5. The number of hydrogen-bond acceptors (Lipinski definition) is 2. The van der Waals surface area contributed by atoms with Crippen LogP contribution in [-0.2, 0) is 10.2 Å². The highest BCUT2D eigenvalue weighted by Gasteiger charge is 2.32. The zero-order valence-corrected chi connectivity index (χ0v) is 12.4. The standard InChI is InChI=1S/C17H22O2/c1-6-16(18)19-13-7-8-15-14(10-13)11(2)9-12(3)17(15,4)5/h7-10,12H,6H2,1-5H3. The smallest absolute Gasteiger partial charge is 0.310 e. The predicted octanol–water partition coefficient (Wildman–Crippen LogP) is 4.33.